The third kappa shape index (κ3) is 3.69. The zero-order chi connectivity index (χ0) is 13.6. The van der Waals surface area contributed by atoms with Crippen LogP contribution in [0.2, 0.25) is 0 Å². The van der Waals surface area contributed by atoms with Crippen molar-refractivity contribution >= 4 is 17.8 Å². The molecule has 0 spiro atoms. The van der Waals surface area contributed by atoms with E-state index in [4.69, 9.17) is 10.3 Å². The summed E-state index contributed by atoms with van der Waals surface area (Å²) >= 11 is 0. The fourth-order valence-corrected chi connectivity index (χ4v) is 2.40. The summed E-state index contributed by atoms with van der Waals surface area (Å²) in [7, 11) is 0. The van der Waals surface area contributed by atoms with Crippen LogP contribution in [0, 0.1) is 5.41 Å². The Bertz CT molecular complexity index is 336. The smallest absolute Gasteiger partial charge is 0.322 e. The topological polar surface area (TPSA) is 116 Å². The van der Waals surface area contributed by atoms with E-state index >= 15 is 0 Å². The second kappa shape index (κ2) is 6.34. The van der Waals surface area contributed by atoms with Crippen LogP contribution in [0.1, 0.15) is 38.5 Å². The van der Waals surface area contributed by atoms with Crippen molar-refractivity contribution in [3.05, 3.63) is 0 Å². The molecule has 7 nitrogen and oxygen atoms in total. The lowest BCUT2D eigenvalue weighted by Gasteiger charge is -2.34. The molecule has 18 heavy (non-hydrogen) atoms. The van der Waals surface area contributed by atoms with E-state index in [-0.39, 0.29) is 6.42 Å². The Morgan fingerprint density at radius 3 is 2.22 bits per heavy atom. The minimum atomic E-state index is -1.12. The monoisotopic (exact) mass is 258 g/mol. The minimum Gasteiger partial charge on any atom is -0.480 e. The van der Waals surface area contributed by atoms with Gasteiger partial charge in [-0.05, 0) is 12.8 Å². The number of rotatable bonds is 5. The van der Waals surface area contributed by atoms with Crippen molar-refractivity contribution in [1.29, 1.82) is 0 Å². The average Bonchev–Trinajstić information content (AvgIpc) is 2.36. The van der Waals surface area contributed by atoms with Crippen LogP contribution in [-0.4, -0.2) is 34.6 Å². The number of hydrogen-bond acceptors (Lipinski definition) is 4. The molecule has 0 radical (unpaired) electrons. The Morgan fingerprint density at radius 2 is 1.72 bits per heavy atom. The Hall–Kier alpha value is -1.63. The van der Waals surface area contributed by atoms with Crippen molar-refractivity contribution in [1.82, 2.24) is 10.8 Å². The van der Waals surface area contributed by atoms with Gasteiger partial charge in [0.15, 0.2) is 0 Å². The number of amides is 2. The van der Waals surface area contributed by atoms with Crippen molar-refractivity contribution in [2.45, 2.75) is 38.5 Å². The maximum absolute atomic E-state index is 12.0. The van der Waals surface area contributed by atoms with Crippen molar-refractivity contribution in [3.63, 3.8) is 0 Å². The number of carbonyl (C=O) groups excluding carboxylic acids is 2. The molecule has 0 unspecified atom stereocenters. The van der Waals surface area contributed by atoms with E-state index in [0.29, 0.717) is 12.8 Å². The molecule has 7 heteroatoms. The van der Waals surface area contributed by atoms with Gasteiger partial charge in [0.2, 0.25) is 11.8 Å². The molecular weight excluding hydrogens is 240 g/mol. The molecule has 0 heterocycles. The molecule has 0 aromatic carbocycles. The van der Waals surface area contributed by atoms with Gasteiger partial charge in [-0.2, -0.15) is 0 Å². The lowest BCUT2D eigenvalue weighted by Crippen LogP contribution is -2.46. The molecule has 4 N–H and O–H groups in total. The average molecular weight is 258 g/mol. The van der Waals surface area contributed by atoms with Crippen LogP contribution in [-0.2, 0) is 14.4 Å². The standard InChI is InChI=1S/C11H18N2O5/c14-8(13-18)6-11(4-2-1-3-5-11)10(17)12-7-9(15)16/h18H,1-7H2,(H,12,17)(H,13,14)(H,15,16). The summed E-state index contributed by atoms with van der Waals surface area (Å²) in [4.78, 5) is 33.7. The predicted octanol–water partition coefficient (Wildman–Crippen LogP) is 0.0332. The van der Waals surface area contributed by atoms with Crippen molar-refractivity contribution in [2.24, 2.45) is 5.41 Å². The molecular formula is C11H18N2O5. The fourth-order valence-electron chi connectivity index (χ4n) is 2.40. The highest BCUT2D eigenvalue weighted by molar-refractivity contribution is 5.90. The zero-order valence-corrected chi connectivity index (χ0v) is 10.1. The number of carbonyl (C=O) groups is 3. The maximum Gasteiger partial charge on any atom is 0.322 e. The zero-order valence-electron chi connectivity index (χ0n) is 10.1. The first kappa shape index (κ1) is 14.4. The molecule has 0 aliphatic heterocycles. The van der Waals surface area contributed by atoms with Crippen LogP contribution >= 0.6 is 0 Å². The molecule has 102 valence electrons. The molecule has 0 aromatic rings. The third-order valence-corrected chi connectivity index (χ3v) is 3.32. The molecule has 0 atom stereocenters. The Labute approximate surface area is 105 Å². The van der Waals surface area contributed by atoms with Crippen LogP contribution in [0.4, 0.5) is 0 Å². The highest BCUT2D eigenvalue weighted by Gasteiger charge is 2.41. The first-order valence-corrected chi connectivity index (χ1v) is 5.93. The lowest BCUT2D eigenvalue weighted by atomic mass is 9.71. The molecule has 2 amide bonds. The van der Waals surface area contributed by atoms with Gasteiger partial charge in [-0.25, -0.2) is 5.48 Å². The number of carboxylic acids is 1. The first-order chi connectivity index (χ1) is 8.50. The van der Waals surface area contributed by atoms with Crippen LogP contribution in [0.5, 0.6) is 0 Å². The molecule has 0 aromatic heterocycles. The van der Waals surface area contributed by atoms with Crippen LogP contribution in [0.3, 0.4) is 0 Å². The number of hydroxylamine groups is 1. The van der Waals surface area contributed by atoms with E-state index in [0.717, 1.165) is 19.3 Å². The highest BCUT2D eigenvalue weighted by Crippen LogP contribution is 2.39. The van der Waals surface area contributed by atoms with Gasteiger partial charge in [-0.1, -0.05) is 19.3 Å². The first-order valence-electron chi connectivity index (χ1n) is 5.93. The summed E-state index contributed by atoms with van der Waals surface area (Å²) in [5.41, 5.74) is 0.633. The molecule has 1 aliphatic carbocycles. The van der Waals surface area contributed by atoms with E-state index in [1.54, 1.807) is 0 Å². The number of hydrogen-bond donors (Lipinski definition) is 4. The van der Waals surface area contributed by atoms with Crippen molar-refractivity contribution in [3.8, 4) is 0 Å². The summed E-state index contributed by atoms with van der Waals surface area (Å²) in [5.74, 6) is -2.17. The minimum absolute atomic E-state index is 0.116. The lowest BCUT2D eigenvalue weighted by molar-refractivity contribution is -0.144. The van der Waals surface area contributed by atoms with Gasteiger partial charge in [-0.3, -0.25) is 19.6 Å². The highest BCUT2D eigenvalue weighted by atomic mass is 16.5. The van der Waals surface area contributed by atoms with Gasteiger partial charge in [0.05, 0.1) is 5.41 Å². The van der Waals surface area contributed by atoms with Gasteiger partial charge in [-0.15, -0.1) is 0 Å². The number of carboxylic acid groups (broad SMARTS) is 1. The third-order valence-electron chi connectivity index (χ3n) is 3.32. The summed E-state index contributed by atoms with van der Waals surface area (Å²) in [6.07, 6.45) is 3.58. The van der Waals surface area contributed by atoms with E-state index in [9.17, 15) is 14.4 Å². The summed E-state index contributed by atoms with van der Waals surface area (Å²) in [6, 6.07) is 0. The summed E-state index contributed by atoms with van der Waals surface area (Å²) < 4.78 is 0. The quantitative estimate of drug-likeness (QED) is 0.410. The molecule has 0 bridgehead atoms. The molecule has 1 saturated carbocycles. The van der Waals surface area contributed by atoms with E-state index in [1.165, 1.54) is 5.48 Å². The van der Waals surface area contributed by atoms with E-state index < -0.39 is 29.7 Å². The normalized spacial score (nSPS) is 17.8. The van der Waals surface area contributed by atoms with E-state index in [2.05, 4.69) is 5.32 Å². The number of aliphatic carboxylic acids is 1. The number of nitrogens with one attached hydrogen (secondary N) is 2. The predicted molar refractivity (Wildman–Crippen MR) is 60.7 cm³/mol. The molecule has 1 rings (SSSR count). The van der Waals surface area contributed by atoms with Gasteiger partial charge in [0, 0.05) is 6.42 Å². The summed E-state index contributed by atoms with van der Waals surface area (Å²) in [6.45, 7) is -0.457. The van der Waals surface area contributed by atoms with Crippen LogP contribution in [0.25, 0.3) is 0 Å². The molecule has 1 aliphatic rings. The Morgan fingerprint density at radius 1 is 1.11 bits per heavy atom. The second-order valence-corrected chi connectivity index (χ2v) is 4.63. The SMILES string of the molecule is O=C(O)CNC(=O)C1(CC(=O)NO)CCCCC1. The Kier molecular flexibility index (Phi) is 5.08. The summed E-state index contributed by atoms with van der Waals surface area (Å²) in [5, 5.41) is 19.4. The molecule has 0 saturated heterocycles. The van der Waals surface area contributed by atoms with Crippen LogP contribution < -0.4 is 10.8 Å². The largest absolute Gasteiger partial charge is 0.480 e. The van der Waals surface area contributed by atoms with E-state index in [1.807, 2.05) is 0 Å². The van der Waals surface area contributed by atoms with Gasteiger partial charge in [0.1, 0.15) is 6.54 Å². The second-order valence-electron chi connectivity index (χ2n) is 4.63. The van der Waals surface area contributed by atoms with Gasteiger partial charge in [0.25, 0.3) is 0 Å². The molecule has 1 fully saturated rings. The van der Waals surface area contributed by atoms with Crippen molar-refractivity contribution < 1.29 is 24.7 Å². The maximum atomic E-state index is 12.0. The Balaban J connectivity index is 2.72. The van der Waals surface area contributed by atoms with Gasteiger partial charge >= 0.3 is 5.97 Å². The van der Waals surface area contributed by atoms with Gasteiger partial charge < -0.3 is 10.4 Å². The van der Waals surface area contributed by atoms with Crippen molar-refractivity contribution in [2.75, 3.05) is 6.54 Å². The fraction of sp³-hybridized carbons (Fsp3) is 0.727. The van der Waals surface area contributed by atoms with Crippen LogP contribution in [0.15, 0.2) is 0 Å².